The van der Waals surface area contributed by atoms with E-state index in [9.17, 15) is 0 Å². The van der Waals surface area contributed by atoms with Gasteiger partial charge < -0.3 is 10.1 Å². The van der Waals surface area contributed by atoms with Gasteiger partial charge in [0, 0.05) is 22.3 Å². The van der Waals surface area contributed by atoms with Crippen molar-refractivity contribution in [3.05, 3.63) is 33.9 Å². The molecule has 0 radical (unpaired) electrons. The number of halogens is 1. The maximum absolute atomic E-state index is 5.40. The molecule has 0 aliphatic heterocycles. The summed E-state index contributed by atoms with van der Waals surface area (Å²) in [6, 6.07) is 5.82. The van der Waals surface area contributed by atoms with Gasteiger partial charge in [-0.05, 0) is 39.0 Å². The molecule has 0 amide bonds. The summed E-state index contributed by atoms with van der Waals surface area (Å²) in [4.78, 5) is 9.20. The maximum atomic E-state index is 5.40. The van der Waals surface area contributed by atoms with Gasteiger partial charge in [0.2, 0.25) is 0 Å². The Morgan fingerprint density at radius 2 is 2.00 bits per heavy atom. The molecule has 0 saturated heterocycles. The molecule has 0 aliphatic carbocycles. The molecule has 106 valence electrons. The number of aromatic nitrogens is 2. The first-order chi connectivity index (χ1) is 9.56. The van der Waals surface area contributed by atoms with Crippen LogP contribution in [0.15, 0.2) is 22.7 Å². The fourth-order valence-corrected chi connectivity index (χ4v) is 2.30. The Morgan fingerprint density at radius 1 is 1.25 bits per heavy atom. The monoisotopic (exact) mass is 335 g/mol. The third kappa shape index (κ3) is 2.93. The van der Waals surface area contributed by atoms with Crippen molar-refractivity contribution >= 4 is 21.7 Å². The number of hydrogen-bond acceptors (Lipinski definition) is 4. The van der Waals surface area contributed by atoms with Crippen LogP contribution >= 0.6 is 15.9 Å². The quantitative estimate of drug-likeness (QED) is 0.918. The Kier molecular flexibility index (Phi) is 4.60. The molecule has 0 spiro atoms. The summed E-state index contributed by atoms with van der Waals surface area (Å²) >= 11 is 3.48. The van der Waals surface area contributed by atoms with E-state index in [1.807, 2.05) is 32.0 Å². The minimum atomic E-state index is 0.669. The summed E-state index contributed by atoms with van der Waals surface area (Å²) in [5.74, 6) is 2.30. The summed E-state index contributed by atoms with van der Waals surface area (Å²) < 4.78 is 6.38. The molecule has 5 heteroatoms. The van der Waals surface area contributed by atoms with E-state index in [0.717, 1.165) is 39.4 Å². The van der Waals surface area contributed by atoms with Crippen molar-refractivity contribution in [1.29, 1.82) is 0 Å². The van der Waals surface area contributed by atoms with E-state index >= 15 is 0 Å². The Labute approximate surface area is 127 Å². The number of nitrogens with one attached hydrogen (secondary N) is 1. The largest absolute Gasteiger partial charge is 0.496 e. The van der Waals surface area contributed by atoms with E-state index in [4.69, 9.17) is 4.74 Å². The molecule has 0 fully saturated rings. The van der Waals surface area contributed by atoms with E-state index in [2.05, 4.69) is 38.1 Å². The highest BCUT2D eigenvalue weighted by atomic mass is 79.9. The lowest BCUT2D eigenvalue weighted by Gasteiger charge is -2.13. The standard InChI is InChI=1S/C15H18BrN3O/c1-5-17-14-9(2)10(3)18-15(19-14)12-8-11(16)6-7-13(12)20-4/h6-8H,5H2,1-4H3,(H,17,18,19). The van der Waals surface area contributed by atoms with E-state index in [0.29, 0.717) is 5.82 Å². The molecule has 0 saturated carbocycles. The van der Waals surface area contributed by atoms with Crippen LogP contribution in [0, 0.1) is 13.8 Å². The molecule has 1 aromatic carbocycles. The van der Waals surface area contributed by atoms with Crippen molar-refractivity contribution in [2.45, 2.75) is 20.8 Å². The molecule has 4 nitrogen and oxygen atoms in total. The number of aryl methyl sites for hydroxylation is 1. The highest BCUT2D eigenvalue weighted by Crippen LogP contribution is 2.32. The third-order valence-electron chi connectivity index (χ3n) is 3.14. The van der Waals surface area contributed by atoms with Crippen molar-refractivity contribution in [3.8, 4) is 17.1 Å². The number of nitrogens with zero attached hydrogens (tertiary/aromatic N) is 2. The molecule has 20 heavy (non-hydrogen) atoms. The molecule has 0 unspecified atom stereocenters. The van der Waals surface area contributed by atoms with Crippen molar-refractivity contribution in [2.24, 2.45) is 0 Å². The predicted molar refractivity (Wildman–Crippen MR) is 85.4 cm³/mol. The number of methoxy groups -OCH3 is 1. The Morgan fingerprint density at radius 3 is 2.65 bits per heavy atom. The summed E-state index contributed by atoms with van der Waals surface area (Å²) in [7, 11) is 1.65. The van der Waals surface area contributed by atoms with Crippen LogP contribution < -0.4 is 10.1 Å². The fourth-order valence-electron chi connectivity index (χ4n) is 1.94. The van der Waals surface area contributed by atoms with Crippen LogP contribution in [0.5, 0.6) is 5.75 Å². The predicted octanol–water partition coefficient (Wildman–Crippen LogP) is 3.96. The molecular weight excluding hydrogens is 318 g/mol. The molecule has 1 aromatic heterocycles. The molecule has 2 rings (SSSR count). The van der Waals surface area contributed by atoms with E-state index in [1.54, 1.807) is 7.11 Å². The number of benzene rings is 1. The first kappa shape index (κ1) is 14.8. The lowest BCUT2D eigenvalue weighted by Crippen LogP contribution is -2.06. The van der Waals surface area contributed by atoms with E-state index < -0.39 is 0 Å². The summed E-state index contributed by atoms with van der Waals surface area (Å²) in [6.45, 7) is 6.89. The van der Waals surface area contributed by atoms with Crippen molar-refractivity contribution < 1.29 is 4.74 Å². The molecular formula is C15H18BrN3O. The van der Waals surface area contributed by atoms with Gasteiger partial charge in [0.1, 0.15) is 11.6 Å². The minimum Gasteiger partial charge on any atom is -0.496 e. The Balaban J connectivity index is 2.60. The lowest BCUT2D eigenvalue weighted by atomic mass is 10.1. The van der Waals surface area contributed by atoms with Gasteiger partial charge in [-0.2, -0.15) is 0 Å². The summed E-state index contributed by atoms with van der Waals surface area (Å²) in [5, 5.41) is 3.28. The second-order valence-electron chi connectivity index (χ2n) is 4.48. The van der Waals surface area contributed by atoms with Crippen molar-refractivity contribution in [1.82, 2.24) is 9.97 Å². The zero-order valence-electron chi connectivity index (χ0n) is 12.1. The lowest BCUT2D eigenvalue weighted by molar-refractivity contribution is 0.416. The van der Waals surface area contributed by atoms with Gasteiger partial charge in [-0.3, -0.25) is 0 Å². The van der Waals surface area contributed by atoms with E-state index in [1.165, 1.54) is 0 Å². The fraction of sp³-hybridized carbons (Fsp3) is 0.333. The number of hydrogen-bond donors (Lipinski definition) is 1. The van der Waals surface area contributed by atoms with Gasteiger partial charge in [0.05, 0.1) is 12.7 Å². The van der Waals surface area contributed by atoms with Crippen LogP contribution in [0.2, 0.25) is 0 Å². The minimum absolute atomic E-state index is 0.669. The smallest absolute Gasteiger partial charge is 0.165 e. The van der Waals surface area contributed by atoms with Crippen LogP contribution in [0.3, 0.4) is 0 Å². The second-order valence-corrected chi connectivity index (χ2v) is 5.40. The third-order valence-corrected chi connectivity index (χ3v) is 3.63. The molecule has 0 atom stereocenters. The zero-order valence-corrected chi connectivity index (χ0v) is 13.7. The Bertz CT molecular complexity index is 629. The average molecular weight is 336 g/mol. The van der Waals surface area contributed by atoms with Gasteiger partial charge in [0.25, 0.3) is 0 Å². The van der Waals surface area contributed by atoms with Gasteiger partial charge >= 0.3 is 0 Å². The van der Waals surface area contributed by atoms with Crippen LogP contribution in [0.1, 0.15) is 18.2 Å². The van der Waals surface area contributed by atoms with Gasteiger partial charge in [-0.15, -0.1) is 0 Å². The molecule has 1 heterocycles. The molecule has 2 aromatic rings. The molecule has 0 aliphatic rings. The Hall–Kier alpha value is -1.62. The molecule has 1 N–H and O–H groups in total. The number of anilines is 1. The van der Waals surface area contributed by atoms with Gasteiger partial charge in [-0.25, -0.2) is 9.97 Å². The SMILES string of the molecule is CCNc1nc(-c2cc(Br)ccc2OC)nc(C)c1C. The first-order valence-electron chi connectivity index (χ1n) is 6.49. The van der Waals surface area contributed by atoms with Crippen LogP contribution in [-0.4, -0.2) is 23.6 Å². The zero-order chi connectivity index (χ0) is 14.7. The van der Waals surface area contributed by atoms with E-state index in [-0.39, 0.29) is 0 Å². The van der Waals surface area contributed by atoms with Gasteiger partial charge in [-0.1, -0.05) is 15.9 Å². The highest BCUT2D eigenvalue weighted by Gasteiger charge is 2.13. The van der Waals surface area contributed by atoms with Gasteiger partial charge in [0.15, 0.2) is 5.82 Å². The maximum Gasteiger partial charge on any atom is 0.165 e. The first-order valence-corrected chi connectivity index (χ1v) is 7.29. The molecule has 0 bridgehead atoms. The normalized spacial score (nSPS) is 10.4. The van der Waals surface area contributed by atoms with Crippen LogP contribution in [0.25, 0.3) is 11.4 Å². The summed E-state index contributed by atoms with van der Waals surface area (Å²) in [6.07, 6.45) is 0. The second kappa shape index (κ2) is 6.22. The van der Waals surface area contributed by atoms with Crippen molar-refractivity contribution in [2.75, 3.05) is 19.0 Å². The highest BCUT2D eigenvalue weighted by molar-refractivity contribution is 9.10. The van der Waals surface area contributed by atoms with Crippen LogP contribution in [0.4, 0.5) is 5.82 Å². The number of rotatable bonds is 4. The van der Waals surface area contributed by atoms with Crippen molar-refractivity contribution in [3.63, 3.8) is 0 Å². The van der Waals surface area contributed by atoms with Crippen LogP contribution in [-0.2, 0) is 0 Å². The topological polar surface area (TPSA) is 47.0 Å². The number of ether oxygens (including phenoxy) is 1. The average Bonchev–Trinajstić information content (AvgIpc) is 2.43. The summed E-state index contributed by atoms with van der Waals surface area (Å²) in [5.41, 5.74) is 2.92.